The van der Waals surface area contributed by atoms with Crippen LogP contribution in [0.5, 0.6) is 11.5 Å². The van der Waals surface area contributed by atoms with E-state index in [9.17, 15) is 9.59 Å². The summed E-state index contributed by atoms with van der Waals surface area (Å²) in [6.45, 7) is 8.60. The molecule has 1 aliphatic heterocycles. The van der Waals surface area contributed by atoms with Crippen LogP contribution in [0.25, 0.3) is 6.08 Å². The lowest BCUT2D eigenvalue weighted by atomic mass is 10.0. The maximum absolute atomic E-state index is 12.5. The summed E-state index contributed by atoms with van der Waals surface area (Å²) in [5.74, 6) is 3.17. The van der Waals surface area contributed by atoms with Crippen molar-refractivity contribution in [1.29, 1.82) is 0 Å². The van der Waals surface area contributed by atoms with E-state index in [1.165, 1.54) is 5.56 Å². The number of benzene rings is 2. The predicted octanol–water partition coefficient (Wildman–Crippen LogP) is 5.37. The van der Waals surface area contributed by atoms with Gasteiger partial charge in [0.05, 0.1) is 18.1 Å². The number of thioether (sulfide) groups is 1. The minimum atomic E-state index is -0.388. The van der Waals surface area contributed by atoms with Crippen molar-refractivity contribution < 1.29 is 19.1 Å². The quantitative estimate of drug-likeness (QED) is 0.294. The third kappa shape index (κ3) is 5.43. The molecule has 2 amide bonds. The number of terminal acetylenes is 1. The van der Waals surface area contributed by atoms with Crippen LogP contribution in [-0.2, 0) is 17.8 Å². The number of carbonyl (C=O) groups is 2. The van der Waals surface area contributed by atoms with Crippen molar-refractivity contribution in [3.63, 3.8) is 0 Å². The Kier molecular flexibility index (Phi) is 7.80. The summed E-state index contributed by atoms with van der Waals surface area (Å²) >= 11 is 0.879. The molecule has 0 saturated carbocycles. The van der Waals surface area contributed by atoms with Gasteiger partial charge in [0.25, 0.3) is 11.1 Å². The maximum atomic E-state index is 12.5. The van der Waals surface area contributed by atoms with Crippen LogP contribution in [0, 0.1) is 19.3 Å². The van der Waals surface area contributed by atoms with Crippen LogP contribution in [-0.4, -0.2) is 29.2 Å². The molecule has 2 aromatic carbocycles. The number of imide groups is 1. The SMILES string of the molecule is C#CCN1C(=O)S/C(=C/c2cc(CC=C)c(OCc3ccc(C)cc3)c(OCC)c2)C1=O. The molecule has 0 unspecified atom stereocenters. The van der Waals surface area contributed by atoms with Gasteiger partial charge in [-0.3, -0.25) is 14.5 Å². The fourth-order valence-corrected chi connectivity index (χ4v) is 4.06. The van der Waals surface area contributed by atoms with E-state index < -0.39 is 0 Å². The van der Waals surface area contributed by atoms with Gasteiger partial charge in [0.15, 0.2) is 11.5 Å². The van der Waals surface area contributed by atoms with Gasteiger partial charge in [-0.1, -0.05) is 41.8 Å². The number of amides is 2. The molecular weight excluding hydrogens is 422 g/mol. The minimum absolute atomic E-state index is 0.0420. The summed E-state index contributed by atoms with van der Waals surface area (Å²) in [6.07, 6.45) is 9.29. The van der Waals surface area contributed by atoms with Crippen LogP contribution in [0.3, 0.4) is 0 Å². The zero-order chi connectivity index (χ0) is 23.1. The van der Waals surface area contributed by atoms with Crippen molar-refractivity contribution >= 4 is 29.0 Å². The Bertz CT molecular complexity index is 1100. The zero-order valence-electron chi connectivity index (χ0n) is 18.2. The van der Waals surface area contributed by atoms with E-state index in [1.807, 2.05) is 50.2 Å². The van der Waals surface area contributed by atoms with E-state index in [0.717, 1.165) is 33.4 Å². The van der Waals surface area contributed by atoms with E-state index in [2.05, 4.69) is 12.5 Å². The Morgan fingerprint density at radius 2 is 1.94 bits per heavy atom. The molecule has 0 N–H and O–H groups in total. The van der Waals surface area contributed by atoms with Gasteiger partial charge >= 0.3 is 0 Å². The molecule has 1 saturated heterocycles. The monoisotopic (exact) mass is 447 g/mol. The van der Waals surface area contributed by atoms with Gasteiger partial charge in [0.1, 0.15) is 6.61 Å². The molecule has 2 aromatic rings. The molecule has 1 aliphatic rings. The highest BCUT2D eigenvalue weighted by molar-refractivity contribution is 8.18. The number of carbonyl (C=O) groups excluding carboxylic acids is 2. The highest BCUT2D eigenvalue weighted by Crippen LogP contribution is 2.37. The largest absolute Gasteiger partial charge is 0.490 e. The van der Waals surface area contributed by atoms with Crippen LogP contribution >= 0.6 is 11.8 Å². The number of hydrogen-bond acceptors (Lipinski definition) is 5. The number of nitrogens with zero attached hydrogens (tertiary/aromatic N) is 1. The summed E-state index contributed by atoms with van der Waals surface area (Å²) < 4.78 is 12.0. The van der Waals surface area contributed by atoms with Crippen LogP contribution in [0.4, 0.5) is 4.79 Å². The fraction of sp³-hybridized carbons (Fsp3) is 0.231. The number of ether oxygens (including phenoxy) is 2. The summed E-state index contributed by atoms with van der Waals surface area (Å²) in [6, 6.07) is 11.9. The van der Waals surface area contributed by atoms with E-state index in [1.54, 1.807) is 12.2 Å². The van der Waals surface area contributed by atoms with Crippen molar-refractivity contribution in [1.82, 2.24) is 4.90 Å². The van der Waals surface area contributed by atoms with Gasteiger partial charge < -0.3 is 9.47 Å². The highest BCUT2D eigenvalue weighted by atomic mass is 32.2. The highest BCUT2D eigenvalue weighted by Gasteiger charge is 2.34. The molecule has 3 rings (SSSR count). The maximum Gasteiger partial charge on any atom is 0.294 e. The second-order valence-corrected chi connectivity index (χ2v) is 8.17. The Morgan fingerprint density at radius 3 is 2.59 bits per heavy atom. The standard InChI is InChI=1S/C26H25NO4S/c1-5-8-21-14-20(16-23-25(28)27(13-6-2)26(29)32-23)15-22(30-7-3)24(21)31-17-19-11-9-18(4)10-12-19/h2,5,9-12,14-16H,1,7-8,13,17H2,3-4H3/b23-16+. The lowest BCUT2D eigenvalue weighted by Gasteiger charge is -2.17. The van der Waals surface area contributed by atoms with Crippen molar-refractivity contribution in [3.05, 3.63) is 76.2 Å². The molecule has 0 bridgehead atoms. The first-order valence-electron chi connectivity index (χ1n) is 10.2. The Hall–Kier alpha value is -3.43. The molecule has 0 aliphatic carbocycles. The topological polar surface area (TPSA) is 55.8 Å². The molecule has 164 valence electrons. The molecule has 1 fully saturated rings. The number of aryl methyl sites for hydroxylation is 1. The van der Waals surface area contributed by atoms with Gasteiger partial charge in [0.2, 0.25) is 0 Å². The van der Waals surface area contributed by atoms with E-state index >= 15 is 0 Å². The number of allylic oxidation sites excluding steroid dienone is 1. The lowest BCUT2D eigenvalue weighted by Crippen LogP contribution is -2.28. The van der Waals surface area contributed by atoms with Gasteiger partial charge in [0, 0.05) is 5.56 Å². The van der Waals surface area contributed by atoms with Crippen molar-refractivity contribution in [3.8, 4) is 23.8 Å². The van der Waals surface area contributed by atoms with Gasteiger partial charge in [-0.05, 0) is 61.4 Å². The van der Waals surface area contributed by atoms with E-state index in [4.69, 9.17) is 15.9 Å². The van der Waals surface area contributed by atoms with Crippen LogP contribution in [0.15, 0.2) is 54.0 Å². The van der Waals surface area contributed by atoms with Gasteiger partial charge in [-0.2, -0.15) is 0 Å². The second kappa shape index (κ2) is 10.7. The van der Waals surface area contributed by atoms with E-state index in [-0.39, 0.29) is 17.7 Å². The Morgan fingerprint density at radius 1 is 1.19 bits per heavy atom. The summed E-state index contributed by atoms with van der Waals surface area (Å²) in [5, 5.41) is -0.367. The average molecular weight is 448 g/mol. The van der Waals surface area contributed by atoms with Gasteiger partial charge in [-0.15, -0.1) is 13.0 Å². The first-order chi connectivity index (χ1) is 15.5. The molecule has 6 heteroatoms. The van der Waals surface area contributed by atoms with Crippen LogP contribution in [0.1, 0.15) is 29.2 Å². The van der Waals surface area contributed by atoms with Crippen LogP contribution < -0.4 is 9.47 Å². The van der Waals surface area contributed by atoms with Crippen molar-refractivity contribution in [2.75, 3.05) is 13.2 Å². The molecule has 0 atom stereocenters. The lowest BCUT2D eigenvalue weighted by molar-refractivity contribution is -0.122. The Balaban J connectivity index is 1.94. The normalized spacial score (nSPS) is 14.5. The number of hydrogen-bond donors (Lipinski definition) is 0. The molecule has 1 heterocycles. The smallest absolute Gasteiger partial charge is 0.294 e. The van der Waals surface area contributed by atoms with E-state index in [0.29, 0.717) is 36.0 Å². The molecule has 0 radical (unpaired) electrons. The average Bonchev–Trinajstić information content (AvgIpc) is 3.02. The molecule has 5 nitrogen and oxygen atoms in total. The summed E-state index contributed by atoms with van der Waals surface area (Å²) in [5.41, 5.74) is 3.85. The Labute approximate surface area is 193 Å². The molecule has 32 heavy (non-hydrogen) atoms. The summed E-state index contributed by atoms with van der Waals surface area (Å²) in [7, 11) is 0. The van der Waals surface area contributed by atoms with Crippen molar-refractivity contribution in [2.24, 2.45) is 0 Å². The third-order valence-electron chi connectivity index (χ3n) is 4.74. The van der Waals surface area contributed by atoms with Crippen molar-refractivity contribution in [2.45, 2.75) is 26.9 Å². The van der Waals surface area contributed by atoms with Crippen LogP contribution in [0.2, 0.25) is 0 Å². The third-order valence-corrected chi connectivity index (χ3v) is 5.65. The first-order valence-corrected chi connectivity index (χ1v) is 11.1. The number of rotatable bonds is 9. The fourth-order valence-electron chi connectivity index (χ4n) is 3.22. The second-order valence-electron chi connectivity index (χ2n) is 7.18. The predicted molar refractivity (Wildman–Crippen MR) is 129 cm³/mol. The first kappa shape index (κ1) is 23.2. The minimum Gasteiger partial charge on any atom is -0.490 e. The van der Waals surface area contributed by atoms with Gasteiger partial charge in [-0.25, -0.2) is 0 Å². The zero-order valence-corrected chi connectivity index (χ0v) is 19.0. The molecular formula is C26H25NO4S. The molecule has 0 aromatic heterocycles. The molecule has 0 spiro atoms. The summed E-state index contributed by atoms with van der Waals surface area (Å²) in [4.78, 5) is 26.0.